The van der Waals surface area contributed by atoms with E-state index >= 15 is 0 Å². The highest BCUT2D eigenvalue weighted by Crippen LogP contribution is 2.35. The molecule has 0 unspecified atom stereocenters. The van der Waals surface area contributed by atoms with E-state index in [0.29, 0.717) is 18.2 Å². The van der Waals surface area contributed by atoms with Gasteiger partial charge in [0, 0.05) is 11.6 Å². The Morgan fingerprint density at radius 1 is 1.00 bits per heavy atom. The van der Waals surface area contributed by atoms with Crippen molar-refractivity contribution < 1.29 is 39.5 Å². The standard InChI is InChI=1S/C16H10F6N4O4S/c17-15(18,19)9-4-8(13-23-14(27)25-24-13)5-10(6-9)26-31(28,29)12-3-1-2-11(7-12)30-16(20,21)22/h1-7,26H,(H2,23,24,25,27). The maximum atomic E-state index is 13.2. The molecule has 0 spiro atoms. The van der Waals surface area contributed by atoms with Crippen LogP contribution >= 0.6 is 0 Å². The van der Waals surface area contributed by atoms with Crippen LogP contribution in [0, 0.1) is 0 Å². The number of anilines is 1. The summed E-state index contributed by atoms with van der Waals surface area (Å²) in [5.41, 5.74) is -2.92. The van der Waals surface area contributed by atoms with E-state index in [9.17, 15) is 39.6 Å². The first-order valence-electron chi connectivity index (χ1n) is 7.99. The van der Waals surface area contributed by atoms with E-state index in [0.717, 1.165) is 24.3 Å². The summed E-state index contributed by atoms with van der Waals surface area (Å²) in [6.07, 6.45) is -9.96. The molecule has 31 heavy (non-hydrogen) atoms. The lowest BCUT2D eigenvalue weighted by molar-refractivity contribution is -0.274. The van der Waals surface area contributed by atoms with Crippen LogP contribution in [0.15, 0.2) is 52.2 Å². The highest BCUT2D eigenvalue weighted by molar-refractivity contribution is 7.92. The third kappa shape index (κ3) is 5.56. The van der Waals surface area contributed by atoms with Crippen molar-refractivity contribution in [1.29, 1.82) is 0 Å². The van der Waals surface area contributed by atoms with E-state index in [1.165, 1.54) is 0 Å². The zero-order chi connectivity index (χ0) is 23.0. The minimum atomic E-state index is -5.08. The Kier molecular flexibility index (Phi) is 5.47. The van der Waals surface area contributed by atoms with Gasteiger partial charge in [-0.25, -0.2) is 18.3 Å². The minimum absolute atomic E-state index is 0.278. The van der Waals surface area contributed by atoms with Gasteiger partial charge in [-0.15, -0.1) is 13.2 Å². The number of alkyl halides is 6. The van der Waals surface area contributed by atoms with Gasteiger partial charge in [0.2, 0.25) is 0 Å². The second kappa shape index (κ2) is 7.64. The van der Waals surface area contributed by atoms with Gasteiger partial charge in [0.15, 0.2) is 5.82 Å². The lowest BCUT2D eigenvalue weighted by Crippen LogP contribution is -2.18. The van der Waals surface area contributed by atoms with Crippen LogP contribution in [0.2, 0.25) is 0 Å². The number of benzene rings is 2. The summed E-state index contributed by atoms with van der Waals surface area (Å²) in [4.78, 5) is 12.6. The molecule has 0 fully saturated rings. The first kappa shape index (κ1) is 22.2. The van der Waals surface area contributed by atoms with Gasteiger partial charge in [0.05, 0.1) is 16.1 Å². The SMILES string of the molecule is O=c1[nH]nc(-c2cc(NS(=O)(=O)c3cccc(OC(F)(F)F)c3)cc(C(F)(F)F)c2)[nH]1. The lowest BCUT2D eigenvalue weighted by Gasteiger charge is -2.14. The number of rotatable bonds is 5. The lowest BCUT2D eigenvalue weighted by atomic mass is 10.1. The van der Waals surface area contributed by atoms with Gasteiger partial charge >= 0.3 is 18.2 Å². The van der Waals surface area contributed by atoms with Crippen LogP contribution in [0.4, 0.5) is 32.0 Å². The quantitative estimate of drug-likeness (QED) is 0.496. The van der Waals surface area contributed by atoms with Gasteiger partial charge in [-0.2, -0.15) is 18.3 Å². The molecule has 0 amide bonds. The van der Waals surface area contributed by atoms with Crippen molar-refractivity contribution in [3.63, 3.8) is 0 Å². The first-order chi connectivity index (χ1) is 14.2. The predicted molar refractivity (Wildman–Crippen MR) is 93.6 cm³/mol. The van der Waals surface area contributed by atoms with Gasteiger partial charge in [-0.05, 0) is 30.3 Å². The molecule has 3 aromatic rings. The fourth-order valence-corrected chi connectivity index (χ4v) is 3.52. The topological polar surface area (TPSA) is 117 Å². The van der Waals surface area contributed by atoms with E-state index in [1.54, 1.807) is 0 Å². The Hall–Kier alpha value is -3.49. The van der Waals surface area contributed by atoms with Crippen molar-refractivity contribution >= 4 is 15.7 Å². The molecule has 166 valence electrons. The Morgan fingerprint density at radius 2 is 1.71 bits per heavy atom. The van der Waals surface area contributed by atoms with E-state index < -0.39 is 50.1 Å². The summed E-state index contributed by atoms with van der Waals surface area (Å²) in [5, 5.41) is 5.45. The number of aromatic nitrogens is 3. The van der Waals surface area contributed by atoms with Crippen molar-refractivity contribution in [3.8, 4) is 17.1 Å². The molecular weight excluding hydrogens is 458 g/mol. The fourth-order valence-electron chi connectivity index (χ4n) is 2.45. The van der Waals surface area contributed by atoms with Crippen molar-refractivity contribution in [2.24, 2.45) is 0 Å². The largest absolute Gasteiger partial charge is 0.573 e. The maximum absolute atomic E-state index is 13.2. The first-order valence-corrected chi connectivity index (χ1v) is 9.47. The van der Waals surface area contributed by atoms with Gasteiger partial charge in [0.25, 0.3) is 10.0 Å². The zero-order valence-corrected chi connectivity index (χ0v) is 15.6. The summed E-state index contributed by atoms with van der Waals surface area (Å²) in [6.45, 7) is 0. The molecule has 15 heteroatoms. The average molecular weight is 468 g/mol. The molecule has 8 nitrogen and oxygen atoms in total. The van der Waals surface area contributed by atoms with Gasteiger partial charge < -0.3 is 4.74 Å². The number of nitrogens with zero attached hydrogens (tertiary/aromatic N) is 1. The smallest absolute Gasteiger partial charge is 0.406 e. The Balaban J connectivity index is 2.01. The third-order valence-electron chi connectivity index (χ3n) is 3.64. The Bertz CT molecular complexity index is 1260. The predicted octanol–water partition coefficient (Wildman–Crippen LogP) is 3.48. The molecule has 0 aliphatic carbocycles. The fraction of sp³-hybridized carbons (Fsp3) is 0.125. The van der Waals surface area contributed by atoms with Gasteiger partial charge in [-0.1, -0.05) is 6.07 Å². The normalized spacial score (nSPS) is 12.6. The van der Waals surface area contributed by atoms with Crippen molar-refractivity contribution in [1.82, 2.24) is 15.2 Å². The summed E-state index contributed by atoms with van der Waals surface area (Å²) < 4.78 is 107. The number of nitrogens with one attached hydrogen (secondary N) is 3. The van der Waals surface area contributed by atoms with E-state index in [-0.39, 0.29) is 11.4 Å². The summed E-state index contributed by atoms with van der Waals surface area (Å²) in [5.74, 6) is -1.13. The molecule has 1 aromatic heterocycles. The van der Waals surface area contributed by atoms with Crippen LogP contribution in [0.25, 0.3) is 11.4 Å². The molecule has 0 atom stereocenters. The molecule has 0 bridgehead atoms. The third-order valence-corrected chi connectivity index (χ3v) is 5.02. The molecule has 0 saturated heterocycles. The molecule has 0 saturated carbocycles. The summed E-state index contributed by atoms with van der Waals surface area (Å²) >= 11 is 0. The Labute approximate surface area is 168 Å². The zero-order valence-electron chi connectivity index (χ0n) is 14.8. The molecule has 0 aliphatic heterocycles. The van der Waals surface area contributed by atoms with Crippen LogP contribution in [-0.2, 0) is 16.2 Å². The number of aromatic amines is 2. The van der Waals surface area contributed by atoms with Crippen LogP contribution in [0.5, 0.6) is 5.75 Å². The van der Waals surface area contributed by atoms with Crippen LogP contribution < -0.4 is 15.1 Å². The van der Waals surface area contributed by atoms with E-state index in [2.05, 4.69) is 14.8 Å². The maximum Gasteiger partial charge on any atom is 0.573 e. The molecule has 1 heterocycles. The number of ether oxygens (including phenoxy) is 1. The van der Waals surface area contributed by atoms with Crippen molar-refractivity contribution in [2.75, 3.05) is 4.72 Å². The number of hydrogen-bond acceptors (Lipinski definition) is 5. The molecule has 0 radical (unpaired) electrons. The summed E-state index contributed by atoms with van der Waals surface area (Å²) in [7, 11) is -4.61. The van der Waals surface area contributed by atoms with Crippen molar-refractivity contribution in [3.05, 3.63) is 58.5 Å². The second-order valence-corrected chi connectivity index (χ2v) is 7.63. The van der Waals surface area contributed by atoms with Crippen molar-refractivity contribution in [2.45, 2.75) is 17.4 Å². The molecule has 0 aliphatic rings. The number of sulfonamides is 1. The molecule has 3 N–H and O–H groups in total. The number of hydrogen-bond donors (Lipinski definition) is 3. The van der Waals surface area contributed by atoms with Gasteiger partial charge in [0.1, 0.15) is 5.75 Å². The van der Waals surface area contributed by atoms with Crippen LogP contribution in [0.3, 0.4) is 0 Å². The summed E-state index contributed by atoms with van der Waals surface area (Å²) in [6, 6.07) is 5.34. The molecule has 3 rings (SSSR count). The monoisotopic (exact) mass is 468 g/mol. The van der Waals surface area contributed by atoms with Gasteiger partial charge in [-0.3, -0.25) is 9.71 Å². The number of halogens is 6. The average Bonchev–Trinajstić information content (AvgIpc) is 3.05. The number of H-pyrrole nitrogens is 2. The second-order valence-electron chi connectivity index (χ2n) is 5.95. The van der Waals surface area contributed by atoms with E-state index in [1.807, 2.05) is 9.82 Å². The van der Waals surface area contributed by atoms with E-state index in [4.69, 9.17) is 0 Å². The highest BCUT2D eigenvalue weighted by atomic mass is 32.2. The molecule has 2 aromatic carbocycles. The van der Waals surface area contributed by atoms with Crippen LogP contribution in [0.1, 0.15) is 5.56 Å². The minimum Gasteiger partial charge on any atom is -0.406 e. The molecular formula is C16H10F6N4O4S. The van der Waals surface area contributed by atoms with Crippen LogP contribution in [-0.4, -0.2) is 30.0 Å². The highest BCUT2D eigenvalue weighted by Gasteiger charge is 2.33. The Morgan fingerprint density at radius 3 is 2.29 bits per heavy atom.